The van der Waals surface area contributed by atoms with Crippen LogP contribution in [-0.4, -0.2) is 65.3 Å². The summed E-state index contributed by atoms with van der Waals surface area (Å²) in [6, 6.07) is 3.49. The molecule has 0 aliphatic carbocycles. The molecule has 112 valence electrons. The van der Waals surface area contributed by atoms with Crippen molar-refractivity contribution in [3.8, 4) is 0 Å². The molecular formula is C14H19N5O2. The van der Waals surface area contributed by atoms with Gasteiger partial charge in [0.15, 0.2) is 5.65 Å². The molecule has 3 rings (SSSR count). The molecule has 1 fully saturated rings. The molecule has 7 heteroatoms. The number of likely N-dealkylation sites (N-methyl/N-ethyl adjacent to an activating group) is 1. The van der Waals surface area contributed by atoms with Crippen LogP contribution >= 0.6 is 0 Å². The largest absolute Gasteiger partial charge is 0.465 e. The van der Waals surface area contributed by atoms with Gasteiger partial charge in [-0.25, -0.2) is 9.31 Å². The maximum absolute atomic E-state index is 11.5. The molecule has 2 aromatic rings. The van der Waals surface area contributed by atoms with E-state index in [1.165, 1.54) is 7.11 Å². The summed E-state index contributed by atoms with van der Waals surface area (Å²) in [4.78, 5) is 20.6. The summed E-state index contributed by atoms with van der Waals surface area (Å²) in [5, 5.41) is 4.47. The van der Waals surface area contributed by atoms with E-state index < -0.39 is 0 Å². The van der Waals surface area contributed by atoms with Gasteiger partial charge in [-0.15, -0.1) is 5.10 Å². The number of carbonyl (C=O) groups is 1. The molecule has 3 heterocycles. The monoisotopic (exact) mass is 289 g/mol. The van der Waals surface area contributed by atoms with Crippen LogP contribution in [0.3, 0.4) is 0 Å². The molecule has 0 amide bonds. The van der Waals surface area contributed by atoms with Gasteiger partial charge < -0.3 is 14.5 Å². The van der Waals surface area contributed by atoms with Crippen molar-refractivity contribution in [3.05, 3.63) is 23.9 Å². The molecule has 0 radical (unpaired) electrons. The van der Waals surface area contributed by atoms with Gasteiger partial charge in [0.25, 0.3) is 0 Å². The number of anilines is 1. The van der Waals surface area contributed by atoms with Crippen LogP contribution in [0.25, 0.3) is 5.65 Å². The maximum atomic E-state index is 11.5. The van der Waals surface area contributed by atoms with Crippen LogP contribution < -0.4 is 4.90 Å². The fourth-order valence-electron chi connectivity index (χ4n) is 2.51. The second-order valence-electron chi connectivity index (χ2n) is 5.05. The Morgan fingerprint density at radius 2 is 2.05 bits per heavy atom. The highest BCUT2D eigenvalue weighted by Gasteiger charge is 2.19. The third-order valence-corrected chi connectivity index (χ3v) is 3.84. The predicted octanol–water partition coefficient (Wildman–Crippen LogP) is 0.658. The first-order valence-corrected chi connectivity index (χ1v) is 7.13. The van der Waals surface area contributed by atoms with Gasteiger partial charge >= 0.3 is 5.97 Å². The molecule has 2 aromatic heterocycles. The van der Waals surface area contributed by atoms with Gasteiger partial charge in [0.1, 0.15) is 0 Å². The highest BCUT2D eigenvalue weighted by atomic mass is 16.5. The summed E-state index contributed by atoms with van der Waals surface area (Å²) in [7, 11) is 1.37. The number of piperazine rings is 1. The molecule has 7 nitrogen and oxygen atoms in total. The molecule has 0 N–H and O–H groups in total. The SMILES string of the molecule is CCN1CCN(c2nc3ccc(C(=O)OC)cn3n2)CC1. The van der Waals surface area contributed by atoms with Gasteiger partial charge in [0.05, 0.1) is 12.7 Å². The third kappa shape index (κ3) is 2.69. The fourth-order valence-corrected chi connectivity index (χ4v) is 2.51. The average Bonchev–Trinajstić information content (AvgIpc) is 2.97. The second-order valence-corrected chi connectivity index (χ2v) is 5.05. The van der Waals surface area contributed by atoms with Crippen molar-refractivity contribution < 1.29 is 9.53 Å². The smallest absolute Gasteiger partial charge is 0.339 e. The van der Waals surface area contributed by atoms with Crippen LogP contribution in [0.1, 0.15) is 17.3 Å². The number of pyridine rings is 1. The summed E-state index contributed by atoms with van der Waals surface area (Å²) < 4.78 is 6.35. The number of esters is 1. The van der Waals surface area contributed by atoms with Gasteiger partial charge in [-0.2, -0.15) is 4.98 Å². The topological polar surface area (TPSA) is 63.0 Å². The number of aromatic nitrogens is 3. The summed E-state index contributed by atoms with van der Waals surface area (Å²) >= 11 is 0. The molecule has 1 aliphatic heterocycles. The van der Waals surface area contributed by atoms with Crippen molar-refractivity contribution in [2.45, 2.75) is 6.92 Å². The molecule has 0 aromatic carbocycles. The lowest BCUT2D eigenvalue weighted by molar-refractivity contribution is 0.0600. The van der Waals surface area contributed by atoms with E-state index in [0.717, 1.165) is 38.4 Å². The highest BCUT2D eigenvalue weighted by Crippen LogP contribution is 2.14. The first-order chi connectivity index (χ1) is 10.2. The quantitative estimate of drug-likeness (QED) is 0.774. The zero-order chi connectivity index (χ0) is 14.8. The number of rotatable bonds is 3. The predicted molar refractivity (Wildman–Crippen MR) is 78.7 cm³/mol. The van der Waals surface area contributed by atoms with Crippen molar-refractivity contribution in [1.82, 2.24) is 19.5 Å². The molecule has 21 heavy (non-hydrogen) atoms. The van der Waals surface area contributed by atoms with Crippen molar-refractivity contribution in [2.75, 3.05) is 44.7 Å². The van der Waals surface area contributed by atoms with E-state index in [4.69, 9.17) is 4.74 Å². The number of carbonyl (C=O) groups excluding carboxylic acids is 1. The molecule has 0 bridgehead atoms. The zero-order valence-electron chi connectivity index (χ0n) is 12.3. The zero-order valence-corrected chi connectivity index (χ0v) is 12.3. The number of fused-ring (bicyclic) bond motifs is 1. The molecule has 0 atom stereocenters. The maximum Gasteiger partial charge on any atom is 0.339 e. The molecule has 0 unspecified atom stereocenters. The molecule has 1 saturated heterocycles. The van der Waals surface area contributed by atoms with Crippen LogP contribution in [0.2, 0.25) is 0 Å². The van der Waals surface area contributed by atoms with Crippen molar-refractivity contribution in [2.24, 2.45) is 0 Å². The number of nitrogens with zero attached hydrogens (tertiary/aromatic N) is 5. The number of hydrogen-bond donors (Lipinski definition) is 0. The Balaban J connectivity index is 1.83. The van der Waals surface area contributed by atoms with E-state index in [-0.39, 0.29) is 5.97 Å². The van der Waals surface area contributed by atoms with Crippen LogP contribution in [0, 0.1) is 0 Å². The lowest BCUT2D eigenvalue weighted by atomic mass is 10.3. The normalized spacial score (nSPS) is 16.4. The van der Waals surface area contributed by atoms with Crippen molar-refractivity contribution in [3.63, 3.8) is 0 Å². The Bertz CT molecular complexity index is 646. The van der Waals surface area contributed by atoms with Crippen LogP contribution in [0.4, 0.5) is 5.95 Å². The fraction of sp³-hybridized carbons (Fsp3) is 0.500. The number of methoxy groups -OCH3 is 1. The first-order valence-electron chi connectivity index (χ1n) is 7.13. The van der Waals surface area contributed by atoms with Crippen molar-refractivity contribution in [1.29, 1.82) is 0 Å². The van der Waals surface area contributed by atoms with Crippen molar-refractivity contribution >= 4 is 17.6 Å². The molecule has 0 spiro atoms. The Labute approximate surface area is 123 Å². The summed E-state index contributed by atoms with van der Waals surface area (Å²) in [6.07, 6.45) is 1.65. The second kappa shape index (κ2) is 5.69. The molecule has 1 aliphatic rings. The van der Waals surface area contributed by atoms with Gasteiger partial charge in [-0.1, -0.05) is 6.92 Å². The lowest BCUT2D eigenvalue weighted by Crippen LogP contribution is -2.46. The summed E-state index contributed by atoms with van der Waals surface area (Å²) in [5.41, 5.74) is 1.20. The van der Waals surface area contributed by atoms with Crippen LogP contribution in [0.5, 0.6) is 0 Å². The minimum Gasteiger partial charge on any atom is -0.465 e. The first kappa shape index (κ1) is 13.8. The standard InChI is InChI=1S/C14H19N5O2/c1-3-17-6-8-18(9-7-17)14-15-12-5-4-11(13(20)21-2)10-19(12)16-14/h4-5,10H,3,6-9H2,1-2H3. The van der Waals surface area contributed by atoms with Crippen LogP contribution in [-0.2, 0) is 4.74 Å². The lowest BCUT2D eigenvalue weighted by Gasteiger charge is -2.33. The van der Waals surface area contributed by atoms with E-state index >= 15 is 0 Å². The van der Waals surface area contributed by atoms with E-state index in [2.05, 4.69) is 26.8 Å². The van der Waals surface area contributed by atoms with Gasteiger partial charge in [-0.3, -0.25) is 0 Å². The Morgan fingerprint density at radius 1 is 1.29 bits per heavy atom. The average molecular weight is 289 g/mol. The Kier molecular flexibility index (Phi) is 3.74. The van der Waals surface area contributed by atoms with E-state index in [9.17, 15) is 4.79 Å². The van der Waals surface area contributed by atoms with E-state index in [1.807, 2.05) is 0 Å². The minimum absolute atomic E-state index is 0.370. The Hall–Kier alpha value is -2.15. The number of hydrogen-bond acceptors (Lipinski definition) is 6. The summed E-state index contributed by atoms with van der Waals surface area (Å²) in [6.45, 7) is 7.16. The minimum atomic E-state index is -0.370. The Morgan fingerprint density at radius 3 is 2.71 bits per heavy atom. The van der Waals surface area contributed by atoms with E-state index in [0.29, 0.717) is 11.5 Å². The van der Waals surface area contributed by atoms with E-state index in [1.54, 1.807) is 22.8 Å². The molecular weight excluding hydrogens is 270 g/mol. The van der Waals surface area contributed by atoms with Crippen LogP contribution in [0.15, 0.2) is 18.3 Å². The highest BCUT2D eigenvalue weighted by molar-refractivity contribution is 5.89. The van der Waals surface area contributed by atoms with Gasteiger partial charge in [-0.05, 0) is 18.7 Å². The third-order valence-electron chi connectivity index (χ3n) is 3.84. The number of ether oxygens (including phenoxy) is 1. The van der Waals surface area contributed by atoms with Gasteiger partial charge in [0, 0.05) is 32.4 Å². The molecule has 0 saturated carbocycles. The summed E-state index contributed by atoms with van der Waals surface area (Å²) in [5.74, 6) is 0.346. The van der Waals surface area contributed by atoms with Gasteiger partial charge in [0.2, 0.25) is 5.95 Å².